The fourth-order valence-electron chi connectivity index (χ4n) is 1.17. The van der Waals surface area contributed by atoms with Gasteiger partial charge >= 0.3 is 0 Å². The van der Waals surface area contributed by atoms with Crippen LogP contribution in [0.5, 0.6) is 0 Å². The number of hydrogen-bond acceptors (Lipinski definition) is 3. The summed E-state index contributed by atoms with van der Waals surface area (Å²) in [6.07, 6.45) is 0. The quantitative estimate of drug-likeness (QED) is 0.376. The number of fused-ring (bicyclic) bond motifs is 1. The minimum Gasteiger partial charge on any atom is -0.248 e. The molecule has 13 heavy (non-hydrogen) atoms. The predicted octanol–water partition coefficient (Wildman–Crippen LogP) is 1.91. The molecule has 0 fully saturated rings. The summed E-state index contributed by atoms with van der Waals surface area (Å²) in [5.41, 5.74) is 10.3. The highest BCUT2D eigenvalue weighted by atomic mass is 15.4. The van der Waals surface area contributed by atoms with Gasteiger partial charge in [-0.3, -0.25) is 0 Å². The van der Waals surface area contributed by atoms with Crippen LogP contribution in [-0.4, -0.2) is 15.0 Å². The van der Waals surface area contributed by atoms with Gasteiger partial charge in [-0.05, 0) is 11.6 Å². The van der Waals surface area contributed by atoms with Gasteiger partial charge in [0.15, 0.2) is 0 Å². The van der Waals surface area contributed by atoms with Crippen molar-refractivity contribution in [3.8, 4) is 0 Å². The number of azide groups is 1. The molecule has 0 unspecified atom stereocenters. The van der Waals surface area contributed by atoms with Crippen LogP contribution in [0.3, 0.4) is 0 Å². The first-order valence-electron chi connectivity index (χ1n) is 3.66. The third-order valence-electron chi connectivity index (χ3n) is 1.77. The lowest BCUT2D eigenvalue weighted by Crippen LogP contribution is -1.88. The lowest BCUT2D eigenvalue weighted by molar-refractivity contribution is 0.736. The van der Waals surface area contributed by atoms with Crippen molar-refractivity contribution in [3.05, 3.63) is 28.6 Å². The van der Waals surface area contributed by atoms with Gasteiger partial charge in [0, 0.05) is 12.0 Å². The largest absolute Gasteiger partial charge is 0.248 e. The Kier molecular flexibility index (Phi) is 1.61. The predicted molar refractivity (Wildman–Crippen MR) is 47.3 cm³/mol. The lowest BCUT2D eigenvalue weighted by Gasteiger charge is -1.92. The Balaban J connectivity index is 2.84. The molecule has 1 heterocycles. The third-order valence-corrected chi connectivity index (χ3v) is 1.77. The molecule has 1 aromatic heterocycles. The molecule has 64 valence electrons. The Bertz CT molecular complexity index is 493. The van der Waals surface area contributed by atoms with Gasteiger partial charge in [-0.15, -0.1) is 5.10 Å². The number of aryl methyl sites for hydroxylation is 1. The summed E-state index contributed by atoms with van der Waals surface area (Å²) in [7, 11) is 1.79. The molecule has 6 heteroatoms. The van der Waals surface area contributed by atoms with E-state index in [0.29, 0.717) is 11.2 Å². The third kappa shape index (κ3) is 1.09. The Morgan fingerprint density at radius 3 is 3.15 bits per heavy atom. The molecule has 2 rings (SSSR count). The molecule has 2 aromatic rings. The van der Waals surface area contributed by atoms with Crippen LogP contribution in [0.4, 0.5) is 5.69 Å². The molecule has 6 nitrogen and oxygen atoms in total. The molecule has 0 saturated heterocycles. The highest BCUT2D eigenvalue weighted by Gasteiger charge is 2.03. The smallest absolute Gasteiger partial charge is 0.122 e. The fourth-order valence-corrected chi connectivity index (χ4v) is 1.17. The molecule has 0 aliphatic carbocycles. The summed E-state index contributed by atoms with van der Waals surface area (Å²) < 4.78 is 1.63. The van der Waals surface area contributed by atoms with E-state index in [1.54, 1.807) is 23.9 Å². The number of nitrogens with zero attached hydrogens (tertiary/aromatic N) is 6. The molecule has 0 spiro atoms. The SMILES string of the molecule is Cn1nnc2c(N=[N+]=[N-])cccc21. The normalized spacial score (nSPS) is 9.92. The highest BCUT2D eigenvalue weighted by molar-refractivity contribution is 5.85. The summed E-state index contributed by atoms with van der Waals surface area (Å²) in [5.74, 6) is 0. The molecule has 0 amide bonds. The maximum absolute atomic E-state index is 8.29. The summed E-state index contributed by atoms with van der Waals surface area (Å²) in [4.78, 5) is 2.71. The number of aromatic nitrogens is 3. The Hall–Kier alpha value is -2.07. The Labute approximate surface area is 73.4 Å². The second kappa shape index (κ2) is 2.76. The molecule has 0 saturated carbocycles. The molecule has 1 aromatic carbocycles. The molecular formula is C7H6N6. The minimum absolute atomic E-state index is 0.508. The zero-order chi connectivity index (χ0) is 9.26. The van der Waals surface area contributed by atoms with Crippen LogP contribution < -0.4 is 0 Å². The van der Waals surface area contributed by atoms with Crippen molar-refractivity contribution < 1.29 is 0 Å². The van der Waals surface area contributed by atoms with Crippen molar-refractivity contribution in [2.45, 2.75) is 0 Å². The van der Waals surface area contributed by atoms with Gasteiger partial charge in [0.1, 0.15) is 5.52 Å². The zero-order valence-electron chi connectivity index (χ0n) is 6.92. The van der Waals surface area contributed by atoms with E-state index in [-0.39, 0.29) is 0 Å². The molecule has 0 atom stereocenters. The summed E-state index contributed by atoms with van der Waals surface area (Å²) >= 11 is 0. The van der Waals surface area contributed by atoms with Crippen molar-refractivity contribution in [1.82, 2.24) is 15.0 Å². The van der Waals surface area contributed by atoms with E-state index in [1.165, 1.54) is 0 Å². The van der Waals surface area contributed by atoms with Gasteiger partial charge in [-0.2, -0.15) is 0 Å². The van der Waals surface area contributed by atoms with Crippen LogP contribution in [0, 0.1) is 0 Å². The number of rotatable bonds is 1. The van der Waals surface area contributed by atoms with Crippen LogP contribution in [-0.2, 0) is 7.05 Å². The first-order valence-corrected chi connectivity index (χ1v) is 3.66. The van der Waals surface area contributed by atoms with Crippen molar-refractivity contribution in [2.24, 2.45) is 12.2 Å². The molecule has 0 N–H and O–H groups in total. The highest BCUT2D eigenvalue weighted by Crippen LogP contribution is 2.22. The van der Waals surface area contributed by atoms with E-state index in [9.17, 15) is 0 Å². The topological polar surface area (TPSA) is 79.5 Å². The molecule has 0 aliphatic heterocycles. The van der Waals surface area contributed by atoms with Crippen molar-refractivity contribution in [2.75, 3.05) is 0 Å². The summed E-state index contributed by atoms with van der Waals surface area (Å²) in [6, 6.07) is 5.37. The zero-order valence-corrected chi connectivity index (χ0v) is 6.92. The van der Waals surface area contributed by atoms with Gasteiger partial charge in [0.05, 0.1) is 11.2 Å². The van der Waals surface area contributed by atoms with E-state index < -0.39 is 0 Å². The van der Waals surface area contributed by atoms with Crippen LogP contribution in [0.2, 0.25) is 0 Å². The standard InChI is InChI=1S/C7H6N6/c1-13-6-4-2-3-5(9-11-8)7(6)10-12-13/h2-4H,1H3. The monoisotopic (exact) mass is 174 g/mol. The average Bonchev–Trinajstić information content (AvgIpc) is 2.50. The average molecular weight is 174 g/mol. The van der Waals surface area contributed by atoms with E-state index in [1.807, 2.05) is 6.07 Å². The Morgan fingerprint density at radius 2 is 2.38 bits per heavy atom. The van der Waals surface area contributed by atoms with E-state index >= 15 is 0 Å². The van der Waals surface area contributed by atoms with Crippen LogP contribution >= 0.6 is 0 Å². The summed E-state index contributed by atoms with van der Waals surface area (Å²) in [5, 5.41) is 11.2. The first-order chi connectivity index (χ1) is 6.33. The van der Waals surface area contributed by atoms with Gasteiger partial charge in [-0.25, -0.2) is 4.68 Å². The maximum Gasteiger partial charge on any atom is 0.122 e. The first kappa shape index (κ1) is 7.57. The molecular weight excluding hydrogens is 168 g/mol. The van der Waals surface area contributed by atoms with Crippen LogP contribution in [0.15, 0.2) is 23.3 Å². The second-order valence-electron chi connectivity index (χ2n) is 2.55. The fraction of sp³-hybridized carbons (Fsp3) is 0.143. The van der Waals surface area contributed by atoms with Crippen molar-refractivity contribution in [1.29, 1.82) is 0 Å². The molecule has 0 radical (unpaired) electrons. The van der Waals surface area contributed by atoms with Gasteiger partial charge in [0.25, 0.3) is 0 Å². The van der Waals surface area contributed by atoms with Gasteiger partial charge < -0.3 is 0 Å². The van der Waals surface area contributed by atoms with Crippen molar-refractivity contribution >= 4 is 16.7 Å². The lowest BCUT2D eigenvalue weighted by atomic mass is 10.3. The van der Waals surface area contributed by atoms with Gasteiger partial charge in [-0.1, -0.05) is 22.5 Å². The summed E-state index contributed by atoms with van der Waals surface area (Å²) in [6.45, 7) is 0. The molecule has 0 aliphatic rings. The second-order valence-corrected chi connectivity index (χ2v) is 2.55. The Morgan fingerprint density at radius 1 is 1.54 bits per heavy atom. The molecule has 0 bridgehead atoms. The number of hydrogen-bond donors (Lipinski definition) is 0. The van der Waals surface area contributed by atoms with Crippen molar-refractivity contribution in [3.63, 3.8) is 0 Å². The number of benzene rings is 1. The van der Waals surface area contributed by atoms with E-state index in [2.05, 4.69) is 20.3 Å². The minimum atomic E-state index is 0.508. The van der Waals surface area contributed by atoms with Crippen LogP contribution in [0.25, 0.3) is 21.5 Å². The van der Waals surface area contributed by atoms with E-state index in [4.69, 9.17) is 5.53 Å². The maximum atomic E-state index is 8.29. The van der Waals surface area contributed by atoms with E-state index in [0.717, 1.165) is 5.52 Å². The van der Waals surface area contributed by atoms with Gasteiger partial charge in [0.2, 0.25) is 0 Å². The van der Waals surface area contributed by atoms with Crippen LogP contribution in [0.1, 0.15) is 0 Å².